The molecule has 31 heavy (non-hydrogen) atoms. The van der Waals surface area contributed by atoms with Crippen LogP contribution >= 0.6 is 11.8 Å². The molecule has 3 aromatic carbocycles. The molecule has 154 valence electrons. The van der Waals surface area contributed by atoms with Crippen LogP contribution in [0.15, 0.2) is 112 Å². The SMILES string of the molecule is CSc1ccc(C2NC=C3N=C(Nc4ccccc4)N=C(Nc4ccccc4)N32)cc1. The molecule has 6 nitrogen and oxygen atoms in total. The number of benzene rings is 3. The summed E-state index contributed by atoms with van der Waals surface area (Å²) >= 11 is 1.73. The van der Waals surface area contributed by atoms with Crippen LogP contribution < -0.4 is 16.0 Å². The number of nitrogens with one attached hydrogen (secondary N) is 3. The first-order valence-electron chi connectivity index (χ1n) is 10.0. The van der Waals surface area contributed by atoms with Crippen molar-refractivity contribution in [2.45, 2.75) is 11.1 Å². The van der Waals surface area contributed by atoms with Crippen molar-refractivity contribution in [1.29, 1.82) is 0 Å². The number of hydrogen-bond acceptors (Lipinski definition) is 7. The van der Waals surface area contributed by atoms with Gasteiger partial charge in [0.15, 0.2) is 5.82 Å². The van der Waals surface area contributed by atoms with E-state index in [1.807, 2.05) is 66.9 Å². The van der Waals surface area contributed by atoms with E-state index in [1.165, 1.54) is 4.90 Å². The molecule has 1 unspecified atom stereocenters. The van der Waals surface area contributed by atoms with Crippen LogP contribution in [-0.4, -0.2) is 23.1 Å². The van der Waals surface area contributed by atoms with Gasteiger partial charge in [-0.1, -0.05) is 48.5 Å². The van der Waals surface area contributed by atoms with Gasteiger partial charge in [-0.25, -0.2) is 0 Å². The zero-order valence-electron chi connectivity index (χ0n) is 17.0. The highest BCUT2D eigenvalue weighted by atomic mass is 32.2. The Kier molecular flexibility index (Phi) is 5.33. The molecule has 0 radical (unpaired) electrons. The molecule has 2 aliphatic rings. The highest BCUT2D eigenvalue weighted by Gasteiger charge is 2.34. The van der Waals surface area contributed by atoms with E-state index in [4.69, 9.17) is 9.98 Å². The van der Waals surface area contributed by atoms with Crippen LogP contribution in [0.5, 0.6) is 0 Å². The summed E-state index contributed by atoms with van der Waals surface area (Å²) in [6.07, 6.45) is 3.92. The summed E-state index contributed by atoms with van der Waals surface area (Å²) in [4.78, 5) is 12.9. The third-order valence-electron chi connectivity index (χ3n) is 5.03. The van der Waals surface area contributed by atoms with Crippen molar-refractivity contribution in [3.63, 3.8) is 0 Å². The number of para-hydroxylation sites is 2. The van der Waals surface area contributed by atoms with Crippen molar-refractivity contribution in [3.05, 3.63) is 103 Å². The van der Waals surface area contributed by atoms with Crippen LogP contribution in [0.2, 0.25) is 0 Å². The van der Waals surface area contributed by atoms with Crippen molar-refractivity contribution in [3.8, 4) is 0 Å². The molecule has 2 aliphatic heterocycles. The van der Waals surface area contributed by atoms with Crippen LogP contribution in [0.1, 0.15) is 11.7 Å². The fraction of sp³-hybridized carbons (Fsp3) is 0.0833. The second-order valence-electron chi connectivity index (χ2n) is 7.07. The first kappa shape index (κ1) is 19.3. The maximum Gasteiger partial charge on any atom is 0.232 e. The minimum Gasteiger partial charge on any atom is -0.364 e. The van der Waals surface area contributed by atoms with Crippen LogP contribution in [0.4, 0.5) is 11.4 Å². The molecule has 0 saturated heterocycles. The molecular weight excluding hydrogens is 404 g/mol. The molecule has 7 heteroatoms. The van der Waals surface area contributed by atoms with E-state index in [0.717, 1.165) is 22.8 Å². The molecular formula is C24H22N6S. The standard InChI is InChI=1S/C24H22N6S/c1-31-20-14-12-17(13-15-20)22-25-16-21-28-23(26-18-8-4-2-5-9-18)29-24(30(21)22)27-19-10-6-3-7-11-19/h2-16,22,25H,1H3,(H2,26,27,28,29). The Balaban J connectivity index is 1.48. The van der Waals surface area contributed by atoms with Crippen LogP contribution in [0.25, 0.3) is 0 Å². The zero-order chi connectivity index (χ0) is 21.0. The summed E-state index contributed by atoms with van der Waals surface area (Å²) in [6, 6.07) is 28.5. The maximum atomic E-state index is 4.81. The van der Waals surface area contributed by atoms with Gasteiger partial charge in [-0.15, -0.1) is 11.8 Å². The molecule has 3 N–H and O–H groups in total. The summed E-state index contributed by atoms with van der Waals surface area (Å²) in [5, 5.41) is 10.2. The average Bonchev–Trinajstić information content (AvgIpc) is 3.25. The Morgan fingerprint density at radius 3 is 2.10 bits per heavy atom. The third-order valence-corrected chi connectivity index (χ3v) is 5.77. The molecule has 0 aromatic heterocycles. The molecule has 0 aliphatic carbocycles. The van der Waals surface area contributed by atoms with E-state index >= 15 is 0 Å². The molecule has 0 amide bonds. The van der Waals surface area contributed by atoms with E-state index in [-0.39, 0.29) is 6.17 Å². The van der Waals surface area contributed by atoms with Gasteiger partial charge in [-0.3, -0.25) is 4.90 Å². The molecule has 0 fully saturated rings. The van der Waals surface area contributed by atoms with E-state index < -0.39 is 0 Å². The van der Waals surface area contributed by atoms with Crippen LogP contribution in [0, 0.1) is 0 Å². The number of aliphatic imine (C=N–C) groups is 2. The predicted molar refractivity (Wildman–Crippen MR) is 129 cm³/mol. The zero-order valence-corrected chi connectivity index (χ0v) is 17.8. The van der Waals surface area contributed by atoms with Crippen molar-refractivity contribution >= 4 is 35.1 Å². The lowest BCUT2D eigenvalue weighted by Crippen LogP contribution is -2.41. The summed E-state index contributed by atoms with van der Waals surface area (Å²) < 4.78 is 0. The van der Waals surface area contributed by atoms with Gasteiger partial charge in [0.05, 0.1) is 0 Å². The van der Waals surface area contributed by atoms with Crippen molar-refractivity contribution in [2.24, 2.45) is 9.98 Å². The normalized spacial score (nSPS) is 17.1. The minimum absolute atomic E-state index is 0.0945. The largest absolute Gasteiger partial charge is 0.364 e. The monoisotopic (exact) mass is 426 g/mol. The van der Waals surface area contributed by atoms with E-state index in [2.05, 4.69) is 51.4 Å². The smallest absolute Gasteiger partial charge is 0.232 e. The van der Waals surface area contributed by atoms with Crippen molar-refractivity contribution in [2.75, 3.05) is 16.9 Å². The van der Waals surface area contributed by atoms with Crippen LogP contribution in [-0.2, 0) is 0 Å². The summed E-state index contributed by atoms with van der Waals surface area (Å²) in [7, 11) is 0. The molecule has 0 saturated carbocycles. The van der Waals surface area contributed by atoms with Gasteiger partial charge in [-0.2, -0.15) is 9.98 Å². The lowest BCUT2D eigenvalue weighted by atomic mass is 10.1. The Morgan fingerprint density at radius 1 is 0.806 bits per heavy atom. The lowest BCUT2D eigenvalue weighted by molar-refractivity contribution is 0.385. The number of anilines is 2. The van der Waals surface area contributed by atoms with Crippen LogP contribution in [0.3, 0.4) is 0 Å². The van der Waals surface area contributed by atoms with Gasteiger partial charge >= 0.3 is 0 Å². The number of thioether (sulfide) groups is 1. The second-order valence-corrected chi connectivity index (χ2v) is 7.95. The first-order valence-corrected chi connectivity index (χ1v) is 11.2. The molecule has 0 spiro atoms. The van der Waals surface area contributed by atoms with Crippen molar-refractivity contribution in [1.82, 2.24) is 10.2 Å². The number of nitrogens with zero attached hydrogens (tertiary/aromatic N) is 3. The molecule has 0 bridgehead atoms. The Morgan fingerprint density at radius 2 is 1.45 bits per heavy atom. The topological polar surface area (TPSA) is 64.0 Å². The summed E-state index contributed by atoms with van der Waals surface area (Å²) in [5.41, 5.74) is 3.04. The number of rotatable bonds is 4. The minimum atomic E-state index is -0.0945. The fourth-order valence-corrected chi connectivity index (χ4v) is 3.92. The number of fused-ring (bicyclic) bond motifs is 1. The number of guanidine groups is 2. The van der Waals surface area contributed by atoms with E-state index in [1.54, 1.807) is 11.8 Å². The molecule has 1 atom stereocenters. The van der Waals surface area contributed by atoms with E-state index in [0.29, 0.717) is 11.9 Å². The van der Waals surface area contributed by atoms with Gasteiger partial charge in [0.2, 0.25) is 11.9 Å². The Bertz CT molecular complexity index is 1140. The third kappa shape index (κ3) is 4.13. The summed E-state index contributed by atoms with van der Waals surface area (Å²) in [6.45, 7) is 0. The van der Waals surface area contributed by atoms with Gasteiger partial charge < -0.3 is 16.0 Å². The first-order chi connectivity index (χ1) is 15.3. The van der Waals surface area contributed by atoms with E-state index in [9.17, 15) is 0 Å². The Hall–Kier alpha value is -3.71. The quantitative estimate of drug-likeness (QED) is 0.509. The highest BCUT2D eigenvalue weighted by Crippen LogP contribution is 2.32. The fourth-order valence-electron chi connectivity index (χ4n) is 3.51. The summed E-state index contributed by atoms with van der Waals surface area (Å²) in [5.74, 6) is 2.04. The van der Waals surface area contributed by atoms with Gasteiger partial charge in [0.25, 0.3) is 0 Å². The molecule has 3 aromatic rings. The lowest BCUT2D eigenvalue weighted by Gasteiger charge is -2.31. The van der Waals surface area contributed by atoms with Gasteiger partial charge in [-0.05, 0) is 48.2 Å². The van der Waals surface area contributed by atoms with Gasteiger partial charge in [0.1, 0.15) is 6.17 Å². The maximum absolute atomic E-state index is 4.81. The highest BCUT2D eigenvalue weighted by molar-refractivity contribution is 7.98. The number of hydrogen-bond donors (Lipinski definition) is 3. The Labute approximate surface area is 185 Å². The average molecular weight is 427 g/mol. The van der Waals surface area contributed by atoms with Crippen molar-refractivity contribution < 1.29 is 0 Å². The predicted octanol–water partition coefficient (Wildman–Crippen LogP) is 5.06. The molecule has 2 heterocycles. The van der Waals surface area contributed by atoms with Gasteiger partial charge in [0, 0.05) is 22.5 Å². The second kappa shape index (κ2) is 8.57. The molecule has 5 rings (SSSR count).